The van der Waals surface area contributed by atoms with Crippen molar-refractivity contribution in [3.63, 3.8) is 0 Å². The molecule has 1 fully saturated rings. The molecule has 2 heteroatoms. The number of likely N-dealkylation sites (N-methyl/N-ethyl adjacent to an activating group) is 1. The lowest BCUT2D eigenvalue weighted by molar-refractivity contribution is 0.109. The summed E-state index contributed by atoms with van der Waals surface area (Å²) in [4.78, 5) is 2.41. The summed E-state index contributed by atoms with van der Waals surface area (Å²) in [6, 6.07) is 0. The number of rotatable bonds is 2. The first kappa shape index (κ1) is 10.9. The van der Waals surface area contributed by atoms with Crippen molar-refractivity contribution in [3.8, 4) is 0 Å². The molecule has 0 aromatic carbocycles. The zero-order chi connectivity index (χ0) is 8.69. The van der Waals surface area contributed by atoms with Crippen molar-refractivity contribution >= 4 is 0 Å². The second kappa shape index (κ2) is 6.62. The fraction of sp³-hybridized carbons (Fsp3) is 1.00. The Balaban J connectivity index is 0.000000461. The van der Waals surface area contributed by atoms with E-state index in [0.717, 1.165) is 6.54 Å². The molecule has 1 unspecified atom stereocenters. The second-order valence-electron chi connectivity index (χ2n) is 2.54. The third-order valence-corrected chi connectivity index (χ3v) is 2.01. The molecule has 1 aliphatic rings. The average Bonchev–Trinajstić information content (AvgIpc) is 2.55. The number of ether oxygens (including phenoxy) is 1. The molecule has 0 aromatic rings. The van der Waals surface area contributed by atoms with Crippen LogP contribution in [0.4, 0.5) is 0 Å². The predicted molar refractivity (Wildman–Crippen MR) is 48.9 cm³/mol. The van der Waals surface area contributed by atoms with Crippen LogP contribution in [0, 0.1) is 0 Å². The second-order valence-corrected chi connectivity index (χ2v) is 2.54. The zero-order valence-electron chi connectivity index (χ0n) is 8.26. The van der Waals surface area contributed by atoms with Crippen LogP contribution in [-0.4, -0.2) is 37.7 Å². The summed E-state index contributed by atoms with van der Waals surface area (Å²) in [6.45, 7) is 9.71. The molecule has 0 spiro atoms. The van der Waals surface area contributed by atoms with E-state index in [1.165, 1.54) is 19.5 Å². The first-order valence-corrected chi connectivity index (χ1v) is 4.62. The minimum Gasteiger partial charge on any atom is -0.380 e. The highest BCUT2D eigenvalue weighted by molar-refractivity contribution is 4.73. The summed E-state index contributed by atoms with van der Waals surface area (Å²) in [7, 11) is 1.80. The molecule has 11 heavy (non-hydrogen) atoms. The molecule has 0 saturated carbocycles. The molecule has 1 atom stereocenters. The highest BCUT2D eigenvalue weighted by Crippen LogP contribution is 2.10. The van der Waals surface area contributed by atoms with Crippen molar-refractivity contribution in [2.75, 3.05) is 26.7 Å². The van der Waals surface area contributed by atoms with E-state index in [0.29, 0.717) is 6.10 Å². The Labute approximate surface area is 70.5 Å². The van der Waals surface area contributed by atoms with Crippen molar-refractivity contribution in [2.24, 2.45) is 0 Å². The van der Waals surface area contributed by atoms with E-state index in [1.807, 2.05) is 13.8 Å². The Bertz CT molecular complexity index is 75.6. The number of likely N-dealkylation sites (tertiary alicyclic amines) is 1. The Hall–Kier alpha value is -0.0800. The van der Waals surface area contributed by atoms with Crippen molar-refractivity contribution in [1.82, 2.24) is 4.90 Å². The quantitative estimate of drug-likeness (QED) is 0.608. The van der Waals surface area contributed by atoms with Gasteiger partial charge in [-0.15, -0.1) is 0 Å². The van der Waals surface area contributed by atoms with Crippen LogP contribution in [0.1, 0.15) is 27.2 Å². The van der Waals surface area contributed by atoms with Gasteiger partial charge < -0.3 is 9.64 Å². The summed E-state index contributed by atoms with van der Waals surface area (Å²) in [5.41, 5.74) is 0. The van der Waals surface area contributed by atoms with E-state index in [9.17, 15) is 0 Å². The molecular weight excluding hydrogens is 138 g/mol. The van der Waals surface area contributed by atoms with E-state index >= 15 is 0 Å². The fourth-order valence-corrected chi connectivity index (χ4v) is 1.28. The third kappa shape index (κ3) is 3.73. The lowest BCUT2D eigenvalue weighted by atomic mass is 10.3. The standard InChI is InChI=1S/C7H15NO.C2H6/c1-3-8-5-4-7(6-8)9-2;1-2/h7H,3-6H2,1-2H3;1-2H3. The van der Waals surface area contributed by atoms with Crippen LogP contribution in [-0.2, 0) is 4.74 Å². The summed E-state index contributed by atoms with van der Waals surface area (Å²) >= 11 is 0. The topological polar surface area (TPSA) is 12.5 Å². The molecule has 0 amide bonds. The van der Waals surface area contributed by atoms with Crippen LogP contribution in [0.5, 0.6) is 0 Å². The van der Waals surface area contributed by atoms with Crippen molar-refractivity contribution in [3.05, 3.63) is 0 Å². The first-order valence-electron chi connectivity index (χ1n) is 4.62. The minimum absolute atomic E-state index is 0.505. The Morgan fingerprint density at radius 1 is 1.45 bits per heavy atom. The van der Waals surface area contributed by atoms with Gasteiger partial charge >= 0.3 is 0 Å². The minimum atomic E-state index is 0.505. The van der Waals surface area contributed by atoms with Gasteiger partial charge in [-0.05, 0) is 13.0 Å². The third-order valence-electron chi connectivity index (χ3n) is 2.01. The monoisotopic (exact) mass is 159 g/mol. The zero-order valence-corrected chi connectivity index (χ0v) is 8.26. The van der Waals surface area contributed by atoms with Gasteiger partial charge in [0, 0.05) is 20.2 Å². The molecule has 0 aromatic heterocycles. The number of hydrogen-bond donors (Lipinski definition) is 0. The maximum Gasteiger partial charge on any atom is 0.0710 e. The van der Waals surface area contributed by atoms with Crippen LogP contribution in [0.3, 0.4) is 0 Å². The molecule has 0 N–H and O–H groups in total. The van der Waals surface area contributed by atoms with E-state index in [2.05, 4.69) is 11.8 Å². The number of nitrogens with zero attached hydrogens (tertiary/aromatic N) is 1. The molecule has 0 radical (unpaired) electrons. The molecule has 1 saturated heterocycles. The van der Waals surface area contributed by atoms with Crippen molar-refractivity contribution in [1.29, 1.82) is 0 Å². The van der Waals surface area contributed by atoms with E-state index < -0.39 is 0 Å². The number of methoxy groups -OCH3 is 1. The predicted octanol–water partition coefficient (Wildman–Crippen LogP) is 1.75. The Morgan fingerprint density at radius 2 is 2.09 bits per heavy atom. The molecule has 1 aliphatic heterocycles. The van der Waals surface area contributed by atoms with Gasteiger partial charge in [-0.2, -0.15) is 0 Å². The van der Waals surface area contributed by atoms with Gasteiger partial charge in [-0.1, -0.05) is 20.8 Å². The molecule has 1 heterocycles. The van der Waals surface area contributed by atoms with Gasteiger partial charge in [0.15, 0.2) is 0 Å². The molecule has 1 rings (SSSR count). The van der Waals surface area contributed by atoms with E-state index in [1.54, 1.807) is 7.11 Å². The average molecular weight is 159 g/mol. The fourth-order valence-electron chi connectivity index (χ4n) is 1.28. The molecule has 68 valence electrons. The van der Waals surface area contributed by atoms with Gasteiger partial charge in [0.2, 0.25) is 0 Å². The van der Waals surface area contributed by atoms with Gasteiger partial charge in [0.05, 0.1) is 6.10 Å². The lowest BCUT2D eigenvalue weighted by Gasteiger charge is -2.11. The van der Waals surface area contributed by atoms with Gasteiger partial charge in [0.1, 0.15) is 0 Å². The first-order chi connectivity index (χ1) is 5.36. The molecule has 2 nitrogen and oxygen atoms in total. The van der Waals surface area contributed by atoms with Crippen LogP contribution in [0.25, 0.3) is 0 Å². The summed E-state index contributed by atoms with van der Waals surface area (Å²) in [5.74, 6) is 0. The molecule has 0 bridgehead atoms. The van der Waals surface area contributed by atoms with Gasteiger partial charge in [0.25, 0.3) is 0 Å². The van der Waals surface area contributed by atoms with Crippen LogP contribution in [0.2, 0.25) is 0 Å². The van der Waals surface area contributed by atoms with Gasteiger partial charge in [-0.3, -0.25) is 0 Å². The van der Waals surface area contributed by atoms with E-state index in [-0.39, 0.29) is 0 Å². The van der Waals surface area contributed by atoms with Crippen LogP contribution < -0.4 is 0 Å². The highest BCUT2D eigenvalue weighted by Gasteiger charge is 2.19. The van der Waals surface area contributed by atoms with Crippen LogP contribution >= 0.6 is 0 Å². The number of hydrogen-bond acceptors (Lipinski definition) is 2. The maximum atomic E-state index is 5.20. The van der Waals surface area contributed by atoms with Crippen LogP contribution in [0.15, 0.2) is 0 Å². The highest BCUT2D eigenvalue weighted by atomic mass is 16.5. The largest absolute Gasteiger partial charge is 0.380 e. The van der Waals surface area contributed by atoms with Crippen molar-refractivity contribution in [2.45, 2.75) is 33.3 Å². The van der Waals surface area contributed by atoms with Gasteiger partial charge in [-0.25, -0.2) is 0 Å². The van der Waals surface area contributed by atoms with E-state index in [4.69, 9.17) is 4.74 Å². The Kier molecular flexibility index (Phi) is 6.57. The molecule has 0 aliphatic carbocycles. The SMILES string of the molecule is CC.CCN1CCC(OC)C1. The lowest BCUT2D eigenvalue weighted by Crippen LogP contribution is -2.22. The Morgan fingerprint density at radius 3 is 2.36 bits per heavy atom. The van der Waals surface area contributed by atoms with Crippen molar-refractivity contribution < 1.29 is 4.74 Å². The smallest absolute Gasteiger partial charge is 0.0710 e. The normalized spacial score (nSPS) is 24.5. The maximum absolute atomic E-state index is 5.20. The summed E-state index contributed by atoms with van der Waals surface area (Å²) < 4.78 is 5.20. The summed E-state index contributed by atoms with van der Waals surface area (Å²) in [6.07, 6.45) is 1.72. The molecular formula is C9H21NO. The summed E-state index contributed by atoms with van der Waals surface area (Å²) in [5, 5.41) is 0.